The van der Waals surface area contributed by atoms with E-state index in [0.29, 0.717) is 5.56 Å². The van der Waals surface area contributed by atoms with E-state index in [4.69, 9.17) is 0 Å². The molecule has 0 spiro atoms. The molecule has 0 aliphatic heterocycles. The number of hydrogen-bond acceptors (Lipinski definition) is 2. The van der Waals surface area contributed by atoms with Crippen molar-refractivity contribution in [3.05, 3.63) is 75.4 Å². The average Bonchev–Trinajstić information content (AvgIpc) is 2.44. The molecule has 0 aliphatic rings. The summed E-state index contributed by atoms with van der Waals surface area (Å²) in [6.45, 7) is 6.08. The Hall–Kier alpha value is -1.87. The number of benzene rings is 2. The molecule has 2 aromatic rings. The highest BCUT2D eigenvalue weighted by Gasteiger charge is 2.03. The molecule has 0 unspecified atom stereocenters. The monoisotopic (exact) mass is 343 g/mol. The fourth-order valence-electron chi connectivity index (χ4n) is 1.94. The predicted octanol–water partition coefficient (Wildman–Crippen LogP) is 5.18. The van der Waals surface area contributed by atoms with Crippen LogP contribution >= 0.6 is 15.9 Å². The minimum Gasteiger partial charge on any atom is -0.361 e. The molecule has 2 nitrogen and oxygen atoms in total. The number of halogens is 1. The first-order chi connectivity index (χ1) is 9.97. The predicted molar refractivity (Wildman–Crippen MR) is 91.9 cm³/mol. The molecule has 0 aliphatic carbocycles. The molecule has 3 heteroatoms. The molecule has 0 amide bonds. The number of rotatable bonds is 4. The van der Waals surface area contributed by atoms with Crippen LogP contribution in [0.25, 0.3) is 0 Å². The molecule has 0 atom stereocenters. The molecule has 2 rings (SSSR count). The normalized spacial score (nSPS) is 10.9. The lowest BCUT2D eigenvalue weighted by molar-refractivity contribution is 0.104. The number of allylic oxidation sites excluding steroid dienone is 1. The Bertz CT molecular complexity index is 704. The van der Waals surface area contributed by atoms with Gasteiger partial charge in [0.1, 0.15) is 0 Å². The zero-order chi connectivity index (χ0) is 15.4. The summed E-state index contributed by atoms with van der Waals surface area (Å²) in [6.07, 6.45) is 3.23. The van der Waals surface area contributed by atoms with Gasteiger partial charge in [0.15, 0.2) is 5.78 Å². The van der Waals surface area contributed by atoms with Gasteiger partial charge in [-0.15, -0.1) is 0 Å². The third kappa shape index (κ3) is 4.05. The number of hydrogen-bond donors (Lipinski definition) is 1. The van der Waals surface area contributed by atoms with Crippen molar-refractivity contribution in [2.24, 2.45) is 0 Å². The van der Waals surface area contributed by atoms with E-state index < -0.39 is 0 Å². The largest absolute Gasteiger partial charge is 0.361 e. The number of nitrogens with one attached hydrogen (secondary N) is 1. The van der Waals surface area contributed by atoms with Crippen LogP contribution in [-0.4, -0.2) is 5.78 Å². The van der Waals surface area contributed by atoms with E-state index in [9.17, 15) is 4.79 Å². The van der Waals surface area contributed by atoms with E-state index in [0.717, 1.165) is 15.7 Å². The second kappa shape index (κ2) is 6.72. The van der Waals surface area contributed by atoms with E-state index in [2.05, 4.69) is 21.2 Å². The Labute approximate surface area is 134 Å². The third-order valence-corrected chi connectivity index (χ3v) is 4.05. The third-order valence-electron chi connectivity index (χ3n) is 3.39. The number of aryl methyl sites for hydroxylation is 3. The zero-order valence-corrected chi connectivity index (χ0v) is 14.0. The minimum atomic E-state index is -0.00571. The highest BCUT2D eigenvalue weighted by molar-refractivity contribution is 9.10. The first-order valence-corrected chi connectivity index (χ1v) is 7.57. The van der Waals surface area contributed by atoms with Crippen LogP contribution in [0.5, 0.6) is 0 Å². The van der Waals surface area contributed by atoms with Gasteiger partial charge in [-0.3, -0.25) is 4.79 Å². The summed E-state index contributed by atoms with van der Waals surface area (Å²) in [5, 5.41) is 3.12. The first-order valence-electron chi connectivity index (χ1n) is 6.78. The van der Waals surface area contributed by atoms with Crippen LogP contribution in [0.15, 0.2) is 53.1 Å². The molecule has 0 bridgehead atoms. The molecular weight excluding hydrogens is 326 g/mol. The van der Waals surface area contributed by atoms with Crippen LogP contribution in [0, 0.1) is 20.8 Å². The van der Waals surface area contributed by atoms with Crippen molar-refractivity contribution in [1.82, 2.24) is 0 Å². The van der Waals surface area contributed by atoms with Gasteiger partial charge < -0.3 is 5.32 Å². The molecule has 108 valence electrons. The van der Waals surface area contributed by atoms with Crippen LogP contribution in [-0.2, 0) is 0 Å². The fourth-order valence-corrected chi connectivity index (χ4v) is 2.54. The molecule has 0 aromatic heterocycles. The van der Waals surface area contributed by atoms with Crippen LogP contribution in [0.4, 0.5) is 5.69 Å². The summed E-state index contributed by atoms with van der Waals surface area (Å²) >= 11 is 3.50. The summed E-state index contributed by atoms with van der Waals surface area (Å²) in [4.78, 5) is 12.1. The smallest absolute Gasteiger partial charge is 0.187 e. The van der Waals surface area contributed by atoms with Crippen molar-refractivity contribution in [2.45, 2.75) is 20.8 Å². The van der Waals surface area contributed by atoms with E-state index in [1.807, 2.05) is 57.2 Å². The average molecular weight is 344 g/mol. The number of carbonyl (C=O) groups is 1. The molecule has 0 saturated carbocycles. The van der Waals surface area contributed by atoms with Crippen molar-refractivity contribution in [1.29, 1.82) is 0 Å². The summed E-state index contributed by atoms with van der Waals surface area (Å²) < 4.78 is 0.978. The number of anilines is 1. The second-order valence-electron chi connectivity index (χ2n) is 5.12. The first kappa shape index (κ1) is 15.5. The quantitative estimate of drug-likeness (QED) is 0.611. The van der Waals surface area contributed by atoms with Gasteiger partial charge in [-0.25, -0.2) is 0 Å². The van der Waals surface area contributed by atoms with Gasteiger partial charge in [0.25, 0.3) is 0 Å². The highest BCUT2D eigenvalue weighted by Crippen LogP contribution is 2.23. The lowest BCUT2D eigenvalue weighted by atomic mass is 10.0. The van der Waals surface area contributed by atoms with Crippen LogP contribution < -0.4 is 5.32 Å². The summed E-state index contributed by atoms with van der Waals surface area (Å²) in [6, 6.07) is 11.8. The van der Waals surface area contributed by atoms with E-state index >= 15 is 0 Å². The summed E-state index contributed by atoms with van der Waals surface area (Å²) in [5.74, 6) is -0.00571. The Kier molecular flexibility index (Phi) is 4.97. The zero-order valence-electron chi connectivity index (χ0n) is 12.4. The van der Waals surface area contributed by atoms with E-state index in [1.54, 1.807) is 12.3 Å². The van der Waals surface area contributed by atoms with E-state index in [1.165, 1.54) is 11.1 Å². The molecule has 2 aromatic carbocycles. The van der Waals surface area contributed by atoms with Gasteiger partial charge in [0.2, 0.25) is 0 Å². The lowest BCUT2D eigenvalue weighted by Gasteiger charge is -2.05. The SMILES string of the molecule is Cc1ccc(N/C=C/C(=O)c2ccc(C)c(C)c2)c(Br)c1. The maximum Gasteiger partial charge on any atom is 0.187 e. The molecule has 0 heterocycles. The number of carbonyl (C=O) groups excluding carboxylic acids is 1. The molecule has 0 fully saturated rings. The molecular formula is C18H18BrNO. The Balaban J connectivity index is 2.06. The standard InChI is InChI=1S/C18H18BrNO/c1-12-4-7-17(16(19)10-12)20-9-8-18(21)15-6-5-13(2)14(3)11-15/h4-11,20H,1-3H3/b9-8+. The second-order valence-corrected chi connectivity index (χ2v) is 5.98. The molecule has 1 N–H and O–H groups in total. The van der Waals surface area contributed by atoms with Gasteiger partial charge in [0, 0.05) is 22.3 Å². The van der Waals surface area contributed by atoms with Gasteiger partial charge >= 0.3 is 0 Å². The van der Waals surface area contributed by atoms with Crippen molar-refractivity contribution in [2.75, 3.05) is 5.32 Å². The summed E-state index contributed by atoms with van der Waals surface area (Å²) in [5.41, 5.74) is 5.15. The number of ketones is 1. The van der Waals surface area contributed by atoms with Crippen LogP contribution in [0.2, 0.25) is 0 Å². The molecule has 0 saturated heterocycles. The van der Waals surface area contributed by atoms with Gasteiger partial charge in [-0.1, -0.05) is 18.2 Å². The van der Waals surface area contributed by atoms with Gasteiger partial charge in [-0.05, 0) is 71.6 Å². The minimum absolute atomic E-state index is 0.00571. The molecule has 0 radical (unpaired) electrons. The summed E-state index contributed by atoms with van der Waals surface area (Å²) in [7, 11) is 0. The van der Waals surface area contributed by atoms with Gasteiger partial charge in [-0.2, -0.15) is 0 Å². The maximum absolute atomic E-state index is 12.1. The maximum atomic E-state index is 12.1. The lowest BCUT2D eigenvalue weighted by Crippen LogP contribution is -1.98. The Morgan fingerprint density at radius 1 is 1.05 bits per heavy atom. The Morgan fingerprint density at radius 2 is 1.81 bits per heavy atom. The topological polar surface area (TPSA) is 29.1 Å². The van der Waals surface area contributed by atoms with Crippen molar-refractivity contribution in [3.8, 4) is 0 Å². The van der Waals surface area contributed by atoms with Crippen molar-refractivity contribution < 1.29 is 4.79 Å². The van der Waals surface area contributed by atoms with Crippen LogP contribution in [0.3, 0.4) is 0 Å². The highest BCUT2D eigenvalue weighted by atomic mass is 79.9. The van der Waals surface area contributed by atoms with Gasteiger partial charge in [0.05, 0.1) is 5.69 Å². The van der Waals surface area contributed by atoms with Crippen LogP contribution in [0.1, 0.15) is 27.0 Å². The van der Waals surface area contributed by atoms with Crippen molar-refractivity contribution >= 4 is 27.4 Å². The molecule has 21 heavy (non-hydrogen) atoms. The Morgan fingerprint density at radius 3 is 2.48 bits per heavy atom. The van der Waals surface area contributed by atoms with Crippen molar-refractivity contribution in [3.63, 3.8) is 0 Å². The fraction of sp³-hybridized carbons (Fsp3) is 0.167. The van der Waals surface area contributed by atoms with E-state index in [-0.39, 0.29) is 5.78 Å².